The fourth-order valence-electron chi connectivity index (χ4n) is 4.37. The number of sulfonamides is 1. The van der Waals surface area contributed by atoms with Crippen molar-refractivity contribution in [2.75, 3.05) is 88.2 Å². The molecular formula is C25H33ClN6O5S. The molecule has 2 fully saturated rings. The number of benzene rings is 2. The SMILES string of the molecule is CN(C)S(=O)(=O)c1ccc(N2CCOCC2)c(NC(=O)NCC(=O)N2CCN(c3ccc(Cl)cc3)CC2)c1. The summed E-state index contributed by atoms with van der Waals surface area (Å²) in [7, 11) is -0.802. The van der Waals surface area contributed by atoms with Crippen molar-refractivity contribution >= 4 is 50.6 Å². The number of rotatable bonds is 7. The monoisotopic (exact) mass is 564 g/mol. The second kappa shape index (κ2) is 12.2. The zero-order chi connectivity index (χ0) is 27.3. The number of nitrogens with one attached hydrogen (secondary N) is 2. The van der Waals surface area contributed by atoms with E-state index >= 15 is 0 Å². The van der Waals surface area contributed by atoms with E-state index in [-0.39, 0.29) is 17.3 Å². The average Bonchev–Trinajstić information content (AvgIpc) is 2.92. The molecule has 2 N–H and O–H groups in total. The molecule has 2 saturated heterocycles. The van der Waals surface area contributed by atoms with Gasteiger partial charge in [0.25, 0.3) is 0 Å². The summed E-state index contributed by atoms with van der Waals surface area (Å²) in [5.74, 6) is -0.187. The molecule has 11 nitrogen and oxygen atoms in total. The molecule has 0 saturated carbocycles. The maximum absolute atomic E-state index is 12.8. The van der Waals surface area contributed by atoms with Gasteiger partial charge in [-0.25, -0.2) is 17.5 Å². The highest BCUT2D eigenvalue weighted by molar-refractivity contribution is 7.89. The van der Waals surface area contributed by atoms with Crippen molar-refractivity contribution in [1.29, 1.82) is 0 Å². The van der Waals surface area contributed by atoms with Crippen LogP contribution in [0.4, 0.5) is 21.9 Å². The maximum Gasteiger partial charge on any atom is 0.319 e. The minimum atomic E-state index is -3.70. The third kappa shape index (κ3) is 6.68. The van der Waals surface area contributed by atoms with Crippen LogP contribution in [0, 0.1) is 0 Å². The summed E-state index contributed by atoms with van der Waals surface area (Å²) in [5.41, 5.74) is 2.08. The van der Waals surface area contributed by atoms with Crippen LogP contribution in [-0.2, 0) is 19.6 Å². The number of halogens is 1. The lowest BCUT2D eigenvalue weighted by molar-refractivity contribution is -0.130. The van der Waals surface area contributed by atoms with Gasteiger partial charge in [-0.1, -0.05) is 11.6 Å². The van der Waals surface area contributed by atoms with Crippen LogP contribution in [0.3, 0.4) is 0 Å². The Labute approximate surface area is 228 Å². The van der Waals surface area contributed by atoms with E-state index in [0.717, 1.165) is 9.99 Å². The summed E-state index contributed by atoms with van der Waals surface area (Å²) in [6.45, 7) is 4.53. The number of anilines is 3. The first-order chi connectivity index (χ1) is 18.1. The summed E-state index contributed by atoms with van der Waals surface area (Å²) in [5, 5.41) is 6.04. The zero-order valence-electron chi connectivity index (χ0n) is 21.5. The fourth-order valence-corrected chi connectivity index (χ4v) is 5.42. The van der Waals surface area contributed by atoms with Crippen LogP contribution in [0.25, 0.3) is 0 Å². The third-order valence-corrected chi connectivity index (χ3v) is 8.63. The van der Waals surface area contributed by atoms with Gasteiger partial charge in [-0.3, -0.25) is 4.79 Å². The minimum Gasteiger partial charge on any atom is -0.378 e. The predicted octanol–water partition coefficient (Wildman–Crippen LogP) is 1.90. The summed E-state index contributed by atoms with van der Waals surface area (Å²) in [6.07, 6.45) is 0. The first kappa shape index (κ1) is 28.0. The van der Waals surface area contributed by atoms with Crippen molar-refractivity contribution < 1.29 is 22.7 Å². The molecule has 2 heterocycles. The van der Waals surface area contributed by atoms with Gasteiger partial charge in [0.15, 0.2) is 0 Å². The number of ether oxygens (including phenoxy) is 1. The van der Waals surface area contributed by atoms with Crippen molar-refractivity contribution in [2.45, 2.75) is 4.90 Å². The summed E-state index contributed by atoms with van der Waals surface area (Å²) < 4.78 is 31.9. The fraction of sp³-hybridized carbons (Fsp3) is 0.440. The van der Waals surface area contributed by atoms with Crippen molar-refractivity contribution in [1.82, 2.24) is 14.5 Å². The zero-order valence-corrected chi connectivity index (χ0v) is 23.1. The minimum absolute atomic E-state index is 0.0597. The number of piperazine rings is 1. The topological polar surface area (TPSA) is 115 Å². The van der Waals surface area contributed by atoms with Crippen molar-refractivity contribution in [3.63, 3.8) is 0 Å². The lowest BCUT2D eigenvalue weighted by atomic mass is 10.2. The molecule has 0 unspecified atom stereocenters. The van der Waals surface area contributed by atoms with E-state index in [1.165, 1.54) is 26.2 Å². The largest absolute Gasteiger partial charge is 0.378 e. The number of amides is 3. The number of hydrogen-bond donors (Lipinski definition) is 2. The summed E-state index contributed by atoms with van der Waals surface area (Å²) >= 11 is 5.97. The summed E-state index contributed by atoms with van der Waals surface area (Å²) in [6, 6.07) is 11.6. The van der Waals surface area contributed by atoms with E-state index in [9.17, 15) is 18.0 Å². The lowest BCUT2D eigenvalue weighted by Crippen LogP contribution is -2.51. The molecular weight excluding hydrogens is 532 g/mol. The maximum atomic E-state index is 12.8. The molecule has 2 aromatic rings. The van der Waals surface area contributed by atoms with Crippen molar-refractivity contribution in [2.24, 2.45) is 0 Å². The Hall–Kier alpha value is -3.06. The molecule has 0 aromatic heterocycles. The normalized spacial score (nSPS) is 16.5. The highest BCUT2D eigenvalue weighted by Gasteiger charge is 2.24. The molecule has 0 bridgehead atoms. The first-order valence-electron chi connectivity index (χ1n) is 12.4. The standard InChI is InChI=1S/C25H33ClN6O5S/c1-29(2)38(35,36)21-7-8-23(31-13-15-37-16-14-31)22(17-21)28-25(34)27-18-24(33)32-11-9-30(10-12-32)20-5-3-19(26)4-6-20/h3-8,17H,9-16,18H2,1-2H3,(H2,27,28,34). The summed E-state index contributed by atoms with van der Waals surface area (Å²) in [4.78, 5) is 31.5. The van der Waals surface area contributed by atoms with Crippen LogP contribution in [0.5, 0.6) is 0 Å². The molecule has 38 heavy (non-hydrogen) atoms. The van der Waals surface area contributed by atoms with Gasteiger partial charge < -0.3 is 30.1 Å². The molecule has 3 amide bonds. The van der Waals surface area contributed by atoms with E-state index in [1.807, 2.05) is 29.2 Å². The van der Waals surface area contributed by atoms with E-state index in [2.05, 4.69) is 15.5 Å². The molecule has 0 spiro atoms. The van der Waals surface area contributed by atoms with Crippen LogP contribution in [0.1, 0.15) is 0 Å². The third-order valence-electron chi connectivity index (χ3n) is 6.57. The quantitative estimate of drug-likeness (QED) is 0.528. The number of urea groups is 1. The smallest absolute Gasteiger partial charge is 0.319 e. The van der Waals surface area contributed by atoms with E-state index in [0.29, 0.717) is 68.9 Å². The molecule has 2 aliphatic rings. The number of hydrogen-bond acceptors (Lipinski definition) is 7. The lowest BCUT2D eigenvalue weighted by Gasteiger charge is -2.36. The Morgan fingerprint density at radius 3 is 2.24 bits per heavy atom. The molecule has 0 aliphatic carbocycles. The predicted molar refractivity (Wildman–Crippen MR) is 148 cm³/mol. The van der Waals surface area contributed by atoms with Gasteiger partial charge in [0.2, 0.25) is 15.9 Å². The molecule has 13 heteroatoms. The van der Waals surface area contributed by atoms with E-state index < -0.39 is 16.1 Å². The number of morpholine rings is 1. The Balaban J connectivity index is 1.36. The van der Waals surface area contributed by atoms with Crippen LogP contribution >= 0.6 is 11.6 Å². The number of nitrogens with zero attached hydrogens (tertiary/aromatic N) is 4. The highest BCUT2D eigenvalue weighted by Crippen LogP contribution is 2.30. The van der Waals surface area contributed by atoms with Crippen LogP contribution < -0.4 is 20.4 Å². The van der Waals surface area contributed by atoms with Gasteiger partial charge >= 0.3 is 6.03 Å². The highest BCUT2D eigenvalue weighted by atomic mass is 35.5. The van der Waals surface area contributed by atoms with Gasteiger partial charge in [-0.05, 0) is 42.5 Å². The first-order valence-corrected chi connectivity index (χ1v) is 14.2. The van der Waals surface area contributed by atoms with Gasteiger partial charge in [-0.15, -0.1) is 0 Å². The molecule has 206 valence electrons. The second-order valence-corrected chi connectivity index (χ2v) is 11.8. The molecule has 2 aromatic carbocycles. The van der Waals surface area contributed by atoms with Crippen molar-refractivity contribution in [3.8, 4) is 0 Å². The van der Waals surface area contributed by atoms with Gasteiger partial charge in [0.05, 0.1) is 36.0 Å². The molecule has 0 atom stereocenters. The number of carbonyl (C=O) groups is 2. The van der Waals surface area contributed by atoms with E-state index in [4.69, 9.17) is 16.3 Å². The number of carbonyl (C=O) groups excluding carboxylic acids is 2. The second-order valence-electron chi connectivity index (χ2n) is 9.22. The Bertz CT molecular complexity index is 1240. The van der Waals surface area contributed by atoms with Crippen LogP contribution in [0.2, 0.25) is 5.02 Å². The Morgan fingerprint density at radius 1 is 0.947 bits per heavy atom. The average molecular weight is 565 g/mol. The van der Waals surface area contributed by atoms with Gasteiger partial charge in [0, 0.05) is 64.1 Å². The van der Waals surface area contributed by atoms with E-state index in [1.54, 1.807) is 11.0 Å². The molecule has 0 radical (unpaired) electrons. The Morgan fingerprint density at radius 2 is 1.61 bits per heavy atom. The molecule has 4 rings (SSSR count). The van der Waals surface area contributed by atoms with Gasteiger partial charge in [-0.2, -0.15) is 0 Å². The van der Waals surface area contributed by atoms with Crippen LogP contribution in [0.15, 0.2) is 47.4 Å². The molecule has 2 aliphatic heterocycles. The van der Waals surface area contributed by atoms with Crippen molar-refractivity contribution in [3.05, 3.63) is 47.5 Å². The Kier molecular flexibility index (Phi) is 8.98. The van der Waals surface area contributed by atoms with Crippen LogP contribution in [-0.4, -0.2) is 103 Å². The van der Waals surface area contributed by atoms with Gasteiger partial charge in [0.1, 0.15) is 0 Å².